The average molecular weight is 379 g/mol. The van der Waals surface area contributed by atoms with Crippen molar-refractivity contribution in [2.45, 2.75) is 116 Å². The van der Waals surface area contributed by atoms with Gasteiger partial charge in [0.25, 0.3) is 0 Å². The summed E-state index contributed by atoms with van der Waals surface area (Å²) >= 11 is 2.04. The van der Waals surface area contributed by atoms with Crippen molar-refractivity contribution in [3.05, 3.63) is 28.8 Å². The van der Waals surface area contributed by atoms with Gasteiger partial charge in [0.1, 0.15) is 5.75 Å². The standard InChI is InChI=1S/C24H42OS/c1-9-11-12-14-20(13-10-2)26-17-18-15-19(23(3,4)5)16-21(22(18)25)24(6,7)8/h15-16,20,25H,9-14,17H2,1-8H3/t20-/m1/s1. The van der Waals surface area contributed by atoms with Crippen molar-refractivity contribution in [2.24, 2.45) is 0 Å². The molecule has 0 aliphatic heterocycles. The molecule has 2 heteroatoms. The van der Waals surface area contributed by atoms with E-state index in [-0.39, 0.29) is 10.8 Å². The van der Waals surface area contributed by atoms with Crippen molar-refractivity contribution in [2.75, 3.05) is 0 Å². The van der Waals surface area contributed by atoms with E-state index >= 15 is 0 Å². The summed E-state index contributed by atoms with van der Waals surface area (Å²) in [7, 11) is 0. The fourth-order valence-corrected chi connectivity index (χ4v) is 4.64. The van der Waals surface area contributed by atoms with E-state index in [1.165, 1.54) is 44.1 Å². The highest BCUT2D eigenvalue weighted by Crippen LogP contribution is 2.40. The van der Waals surface area contributed by atoms with E-state index < -0.39 is 0 Å². The number of benzene rings is 1. The highest BCUT2D eigenvalue weighted by atomic mass is 32.2. The van der Waals surface area contributed by atoms with Crippen LogP contribution < -0.4 is 0 Å². The van der Waals surface area contributed by atoms with E-state index in [0.717, 1.165) is 16.9 Å². The number of phenols is 1. The lowest BCUT2D eigenvalue weighted by Gasteiger charge is -2.28. The zero-order chi connectivity index (χ0) is 20.0. The predicted molar refractivity (Wildman–Crippen MR) is 120 cm³/mol. The molecule has 0 amide bonds. The first kappa shape index (κ1) is 23.4. The van der Waals surface area contributed by atoms with Crippen LogP contribution in [0.25, 0.3) is 0 Å². The van der Waals surface area contributed by atoms with Crippen molar-refractivity contribution < 1.29 is 5.11 Å². The number of rotatable bonds is 9. The quantitative estimate of drug-likeness (QED) is 0.440. The van der Waals surface area contributed by atoms with E-state index in [0.29, 0.717) is 11.0 Å². The first-order chi connectivity index (χ1) is 12.0. The van der Waals surface area contributed by atoms with Gasteiger partial charge in [-0.2, -0.15) is 11.8 Å². The predicted octanol–water partition coefficient (Wildman–Crippen LogP) is 7.97. The third-order valence-corrected chi connectivity index (χ3v) is 6.50. The molecule has 0 spiro atoms. The van der Waals surface area contributed by atoms with Gasteiger partial charge in [-0.1, -0.05) is 93.2 Å². The lowest BCUT2D eigenvalue weighted by Crippen LogP contribution is -2.17. The van der Waals surface area contributed by atoms with Crippen molar-refractivity contribution in [3.8, 4) is 5.75 Å². The van der Waals surface area contributed by atoms with Crippen molar-refractivity contribution in [1.82, 2.24) is 0 Å². The van der Waals surface area contributed by atoms with Gasteiger partial charge in [0, 0.05) is 16.6 Å². The maximum absolute atomic E-state index is 11.0. The van der Waals surface area contributed by atoms with Gasteiger partial charge < -0.3 is 5.11 Å². The average Bonchev–Trinajstić information content (AvgIpc) is 2.51. The highest BCUT2D eigenvalue weighted by molar-refractivity contribution is 7.99. The molecule has 0 unspecified atom stereocenters. The van der Waals surface area contributed by atoms with Crippen LogP contribution in [-0.4, -0.2) is 10.4 Å². The van der Waals surface area contributed by atoms with Crippen LogP contribution in [0.15, 0.2) is 12.1 Å². The van der Waals surface area contributed by atoms with E-state index in [1.54, 1.807) is 0 Å². The van der Waals surface area contributed by atoms with E-state index in [4.69, 9.17) is 0 Å². The summed E-state index contributed by atoms with van der Waals surface area (Å²) in [6.45, 7) is 17.9. The largest absolute Gasteiger partial charge is 0.507 e. The molecule has 1 N–H and O–H groups in total. The van der Waals surface area contributed by atoms with E-state index in [2.05, 4.69) is 67.5 Å². The molecule has 0 radical (unpaired) electrons. The molecule has 26 heavy (non-hydrogen) atoms. The Morgan fingerprint density at radius 3 is 2.04 bits per heavy atom. The van der Waals surface area contributed by atoms with Gasteiger partial charge >= 0.3 is 0 Å². The van der Waals surface area contributed by atoms with Gasteiger partial charge in [-0.05, 0) is 34.8 Å². The summed E-state index contributed by atoms with van der Waals surface area (Å²) in [6.07, 6.45) is 7.77. The summed E-state index contributed by atoms with van der Waals surface area (Å²) in [4.78, 5) is 0. The topological polar surface area (TPSA) is 20.2 Å². The van der Waals surface area contributed by atoms with Crippen LogP contribution in [0.5, 0.6) is 5.75 Å². The number of thioether (sulfide) groups is 1. The Balaban J connectivity index is 3.06. The molecule has 0 aromatic heterocycles. The minimum Gasteiger partial charge on any atom is -0.507 e. The zero-order valence-electron chi connectivity index (χ0n) is 18.5. The molecule has 0 aliphatic carbocycles. The summed E-state index contributed by atoms with van der Waals surface area (Å²) in [5.41, 5.74) is 3.57. The molecular weight excluding hydrogens is 336 g/mol. The monoisotopic (exact) mass is 378 g/mol. The van der Waals surface area contributed by atoms with Gasteiger partial charge in [-0.3, -0.25) is 0 Å². The minimum absolute atomic E-state index is 0.0469. The molecule has 1 aromatic rings. The summed E-state index contributed by atoms with van der Waals surface area (Å²) in [6, 6.07) is 4.46. The lowest BCUT2D eigenvalue weighted by molar-refractivity contribution is 0.440. The third-order valence-electron chi connectivity index (χ3n) is 5.08. The van der Waals surface area contributed by atoms with Gasteiger partial charge in [-0.15, -0.1) is 0 Å². The maximum Gasteiger partial charge on any atom is 0.123 e. The Morgan fingerprint density at radius 1 is 0.885 bits per heavy atom. The van der Waals surface area contributed by atoms with Crippen LogP contribution >= 0.6 is 11.8 Å². The van der Waals surface area contributed by atoms with E-state index in [9.17, 15) is 5.11 Å². The molecule has 0 bridgehead atoms. The Labute approximate surface area is 167 Å². The van der Waals surface area contributed by atoms with Gasteiger partial charge in [0.05, 0.1) is 0 Å². The van der Waals surface area contributed by atoms with Crippen molar-refractivity contribution >= 4 is 11.8 Å². The molecule has 0 heterocycles. The van der Waals surface area contributed by atoms with Crippen LogP contribution in [0.4, 0.5) is 0 Å². The molecule has 0 aliphatic rings. The Hall–Kier alpha value is -0.630. The van der Waals surface area contributed by atoms with Crippen LogP contribution in [0.1, 0.15) is 111 Å². The molecule has 0 saturated carbocycles. The fraction of sp³-hybridized carbons (Fsp3) is 0.750. The summed E-state index contributed by atoms with van der Waals surface area (Å²) in [5, 5.41) is 11.7. The minimum atomic E-state index is -0.0469. The SMILES string of the molecule is CCCCC[C@@H](CCC)SCc1cc(C(C)(C)C)cc(C(C)(C)C)c1O. The molecular formula is C24H42OS. The zero-order valence-corrected chi connectivity index (χ0v) is 19.4. The van der Waals surface area contributed by atoms with Crippen LogP contribution in [0.2, 0.25) is 0 Å². The number of hydrogen-bond acceptors (Lipinski definition) is 2. The normalized spacial score (nSPS) is 13.8. The van der Waals surface area contributed by atoms with Gasteiger partial charge in [0.2, 0.25) is 0 Å². The number of unbranched alkanes of at least 4 members (excludes halogenated alkanes) is 2. The molecule has 1 rings (SSSR count). The fourth-order valence-electron chi connectivity index (χ4n) is 3.27. The second-order valence-corrected chi connectivity index (χ2v) is 11.0. The molecule has 1 aromatic carbocycles. The van der Waals surface area contributed by atoms with Gasteiger partial charge in [0.15, 0.2) is 0 Å². The Kier molecular flexibility index (Phi) is 9.06. The van der Waals surface area contributed by atoms with Crippen LogP contribution in [0.3, 0.4) is 0 Å². The van der Waals surface area contributed by atoms with Crippen molar-refractivity contribution in [3.63, 3.8) is 0 Å². The summed E-state index contributed by atoms with van der Waals surface area (Å²) < 4.78 is 0. The molecule has 1 atom stereocenters. The Morgan fingerprint density at radius 2 is 1.54 bits per heavy atom. The molecule has 150 valence electrons. The molecule has 0 saturated heterocycles. The first-order valence-corrected chi connectivity index (χ1v) is 11.5. The number of phenolic OH excluding ortho intramolecular Hbond substituents is 1. The number of hydrogen-bond donors (Lipinski definition) is 1. The molecule has 1 nitrogen and oxygen atoms in total. The summed E-state index contributed by atoms with van der Waals surface area (Å²) in [5.74, 6) is 1.43. The van der Waals surface area contributed by atoms with Crippen LogP contribution in [-0.2, 0) is 16.6 Å². The lowest BCUT2D eigenvalue weighted by atomic mass is 9.79. The Bertz CT molecular complexity index is 549. The first-order valence-electron chi connectivity index (χ1n) is 10.5. The second-order valence-electron chi connectivity index (χ2n) is 9.75. The van der Waals surface area contributed by atoms with E-state index in [1.807, 2.05) is 11.8 Å². The van der Waals surface area contributed by atoms with Crippen LogP contribution in [0, 0.1) is 0 Å². The van der Waals surface area contributed by atoms with Crippen molar-refractivity contribution in [1.29, 1.82) is 0 Å². The maximum atomic E-state index is 11.0. The number of aromatic hydroxyl groups is 1. The highest BCUT2D eigenvalue weighted by Gasteiger charge is 2.25. The smallest absolute Gasteiger partial charge is 0.123 e. The third kappa shape index (κ3) is 7.18. The molecule has 0 fully saturated rings. The van der Waals surface area contributed by atoms with Gasteiger partial charge in [-0.25, -0.2) is 0 Å². The second kappa shape index (κ2) is 10.1.